The first-order chi connectivity index (χ1) is 12.1. The summed E-state index contributed by atoms with van der Waals surface area (Å²) in [5, 5.41) is 18.3. The first-order valence-electron chi connectivity index (χ1n) is 8.19. The van der Waals surface area contributed by atoms with Crippen molar-refractivity contribution in [1.29, 1.82) is 5.26 Å². The van der Waals surface area contributed by atoms with E-state index in [1.807, 2.05) is 35.9 Å². The number of ether oxygens (including phenoxy) is 1. The number of methoxy groups -OCH3 is 1. The zero-order valence-corrected chi connectivity index (χ0v) is 14.7. The number of benzene rings is 1. The van der Waals surface area contributed by atoms with E-state index in [0.717, 1.165) is 40.1 Å². The van der Waals surface area contributed by atoms with Gasteiger partial charge in [-0.15, -0.1) is 0 Å². The van der Waals surface area contributed by atoms with Crippen molar-refractivity contribution in [2.24, 2.45) is 0 Å². The molecule has 0 aliphatic heterocycles. The van der Waals surface area contributed by atoms with Crippen molar-refractivity contribution in [3.63, 3.8) is 0 Å². The monoisotopic (exact) mass is 335 g/mol. The fourth-order valence-electron chi connectivity index (χ4n) is 2.95. The number of pyridine rings is 1. The van der Waals surface area contributed by atoms with Gasteiger partial charge < -0.3 is 10.1 Å². The van der Waals surface area contributed by atoms with E-state index >= 15 is 0 Å². The van der Waals surface area contributed by atoms with Crippen LogP contribution in [-0.2, 0) is 17.8 Å². The van der Waals surface area contributed by atoms with Crippen LogP contribution in [0.4, 0.5) is 5.69 Å². The molecule has 0 unspecified atom stereocenters. The summed E-state index contributed by atoms with van der Waals surface area (Å²) in [6.07, 6.45) is 0. The third-order valence-corrected chi connectivity index (χ3v) is 4.32. The zero-order valence-electron chi connectivity index (χ0n) is 14.7. The molecule has 3 aromatic rings. The second-order valence-corrected chi connectivity index (χ2v) is 5.90. The zero-order chi connectivity index (χ0) is 17.8. The van der Waals surface area contributed by atoms with Gasteiger partial charge in [0, 0.05) is 36.0 Å². The Hall–Kier alpha value is -2.91. The number of aromatic nitrogens is 3. The van der Waals surface area contributed by atoms with Crippen molar-refractivity contribution < 1.29 is 4.74 Å². The van der Waals surface area contributed by atoms with Gasteiger partial charge in [-0.25, -0.2) is 4.98 Å². The van der Waals surface area contributed by atoms with Gasteiger partial charge in [-0.2, -0.15) is 10.4 Å². The largest absolute Gasteiger partial charge is 0.383 e. The van der Waals surface area contributed by atoms with E-state index in [9.17, 15) is 5.26 Å². The molecule has 25 heavy (non-hydrogen) atoms. The Kier molecular flexibility index (Phi) is 4.96. The number of nitriles is 1. The molecular formula is C19H21N5O. The van der Waals surface area contributed by atoms with Crippen LogP contribution in [0.15, 0.2) is 30.3 Å². The SMILES string of the molecule is COCCn1nc(C)c(CNc2cc(C#N)nc3ccccc23)c1C. The molecule has 6 nitrogen and oxygen atoms in total. The Morgan fingerprint density at radius 2 is 2.08 bits per heavy atom. The first-order valence-corrected chi connectivity index (χ1v) is 8.19. The minimum atomic E-state index is 0.408. The maximum atomic E-state index is 9.22. The molecule has 0 saturated heterocycles. The van der Waals surface area contributed by atoms with Gasteiger partial charge in [0.15, 0.2) is 0 Å². The molecular weight excluding hydrogens is 314 g/mol. The molecule has 0 atom stereocenters. The lowest BCUT2D eigenvalue weighted by Crippen LogP contribution is -2.08. The van der Waals surface area contributed by atoms with E-state index in [1.54, 1.807) is 13.2 Å². The number of anilines is 1. The van der Waals surface area contributed by atoms with Crippen LogP contribution in [0.3, 0.4) is 0 Å². The molecule has 0 amide bonds. The highest BCUT2D eigenvalue weighted by Gasteiger charge is 2.12. The summed E-state index contributed by atoms with van der Waals surface area (Å²) in [5.74, 6) is 0. The van der Waals surface area contributed by atoms with Crippen molar-refractivity contribution >= 4 is 16.6 Å². The van der Waals surface area contributed by atoms with Crippen LogP contribution in [0, 0.1) is 25.2 Å². The van der Waals surface area contributed by atoms with Gasteiger partial charge in [0.1, 0.15) is 11.8 Å². The van der Waals surface area contributed by atoms with Crippen molar-refractivity contribution in [3.8, 4) is 6.07 Å². The van der Waals surface area contributed by atoms with Crippen LogP contribution in [-0.4, -0.2) is 28.5 Å². The van der Waals surface area contributed by atoms with E-state index in [1.165, 1.54) is 0 Å². The normalized spacial score (nSPS) is 10.8. The number of para-hydroxylation sites is 1. The summed E-state index contributed by atoms with van der Waals surface area (Å²) in [7, 11) is 1.69. The fraction of sp³-hybridized carbons (Fsp3) is 0.316. The molecule has 0 spiro atoms. The van der Waals surface area contributed by atoms with E-state index < -0.39 is 0 Å². The van der Waals surface area contributed by atoms with Gasteiger partial charge in [0.2, 0.25) is 0 Å². The molecule has 2 aromatic heterocycles. The van der Waals surface area contributed by atoms with Crippen molar-refractivity contribution in [3.05, 3.63) is 53.0 Å². The average Bonchev–Trinajstić information content (AvgIpc) is 2.90. The number of hydrogen-bond donors (Lipinski definition) is 1. The summed E-state index contributed by atoms with van der Waals surface area (Å²) in [6.45, 7) is 6.09. The third-order valence-electron chi connectivity index (χ3n) is 4.32. The summed E-state index contributed by atoms with van der Waals surface area (Å²) in [6, 6.07) is 11.7. The maximum absolute atomic E-state index is 9.22. The molecule has 0 radical (unpaired) electrons. The van der Waals surface area contributed by atoms with Crippen LogP contribution < -0.4 is 5.32 Å². The highest BCUT2D eigenvalue weighted by Crippen LogP contribution is 2.24. The molecule has 1 N–H and O–H groups in total. The Morgan fingerprint density at radius 3 is 2.84 bits per heavy atom. The average molecular weight is 335 g/mol. The minimum absolute atomic E-state index is 0.408. The van der Waals surface area contributed by atoms with Gasteiger partial charge in [0.05, 0.1) is 24.4 Å². The molecule has 3 rings (SSSR count). The van der Waals surface area contributed by atoms with Gasteiger partial charge in [-0.1, -0.05) is 18.2 Å². The van der Waals surface area contributed by atoms with E-state index in [-0.39, 0.29) is 0 Å². The minimum Gasteiger partial charge on any atom is -0.383 e. The highest BCUT2D eigenvalue weighted by molar-refractivity contribution is 5.91. The number of hydrogen-bond acceptors (Lipinski definition) is 5. The molecule has 128 valence electrons. The quantitative estimate of drug-likeness (QED) is 0.749. The van der Waals surface area contributed by atoms with Crippen LogP contribution in [0.5, 0.6) is 0 Å². The van der Waals surface area contributed by atoms with Gasteiger partial charge in [-0.05, 0) is 26.0 Å². The van der Waals surface area contributed by atoms with Crippen LogP contribution in [0.1, 0.15) is 22.6 Å². The lowest BCUT2D eigenvalue weighted by molar-refractivity contribution is 0.182. The van der Waals surface area contributed by atoms with Crippen LogP contribution >= 0.6 is 0 Å². The van der Waals surface area contributed by atoms with Gasteiger partial charge in [0.25, 0.3) is 0 Å². The maximum Gasteiger partial charge on any atom is 0.143 e. The molecule has 2 heterocycles. The number of aryl methyl sites for hydroxylation is 1. The second-order valence-electron chi connectivity index (χ2n) is 5.90. The molecule has 0 bridgehead atoms. The predicted molar refractivity (Wildman–Crippen MR) is 97.4 cm³/mol. The molecule has 6 heteroatoms. The van der Waals surface area contributed by atoms with Crippen molar-refractivity contribution in [2.45, 2.75) is 26.9 Å². The highest BCUT2D eigenvalue weighted by atomic mass is 16.5. The summed E-state index contributed by atoms with van der Waals surface area (Å²) in [4.78, 5) is 4.35. The van der Waals surface area contributed by atoms with Gasteiger partial charge in [-0.3, -0.25) is 4.68 Å². The smallest absolute Gasteiger partial charge is 0.143 e. The summed E-state index contributed by atoms with van der Waals surface area (Å²) < 4.78 is 7.11. The fourth-order valence-corrected chi connectivity index (χ4v) is 2.95. The predicted octanol–water partition coefficient (Wildman–Crippen LogP) is 3.18. The standard InChI is InChI=1S/C19H21N5O/c1-13-17(14(2)24(23-13)8-9-25-3)12-21-19-10-15(11-20)22-18-7-5-4-6-16(18)19/h4-7,10H,8-9,12H2,1-3H3,(H,21,22). The molecule has 0 fully saturated rings. The molecule has 1 aromatic carbocycles. The number of nitrogens with zero attached hydrogens (tertiary/aromatic N) is 4. The number of nitrogens with one attached hydrogen (secondary N) is 1. The Morgan fingerprint density at radius 1 is 1.28 bits per heavy atom. The molecule has 0 aliphatic carbocycles. The van der Waals surface area contributed by atoms with Gasteiger partial charge >= 0.3 is 0 Å². The van der Waals surface area contributed by atoms with E-state index in [0.29, 0.717) is 18.8 Å². The summed E-state index contributed by atoms with van der Waals surface area (Å²) >= 11 is 0. The number of rotatable bonds is 6. The lowest BCUT2D eigenvalue weighted by Gasteiger charge is -2.11. The topological polar surface area (TPSA) is 75.8 Å². The Balaban J connectivity index is 1.88. The van der Waals surface area contributed by atoms with Crippen molar-refractivity contribution in [1.82, 2.24) is 14.8 Å². The summed E-state index contributed by atoms with van der Waals surface area (Å²) in [5.41, 5.74) is 5.42. The van der Waals surface area contributed by atoms with E-state index in [4.69, 9.17) is 4.74 Å². The second kappa shape index (κ2) is 7.32. The van der Waals surface area contributed by atoms with Crippen LogP contribution in [0.25, 0.3) is 10.9 Å². The Bertz CT molecular complexity index is 939. The number of fused-ring (bicyclic) bond motifs is 1. The van der Waals surface area contributed by atoms with Crippen LogP contribution in [0.2, 0.25) is 0 Å². The molecule has 0 aliphatic rings. The van der Waals surface area contributed by atoms with Crippen molar-refractivity contribution in [2.75, 3.05) is 19.0 Å². The van der Waals surface area contributed by atoms with E-state index in [2.05, 4.69) is 28.4 Å². The molecule has 0 saturated carbocycles. The lowest BCUT2D eigenvalue weighted by atomic mass is 10.1. The first kappa shape index (κ1) is 16.9. The Labute approximate surface area is 147 Å². The third kappa shape index (κ3) is 3.47.